The Morgan fingerprint density at radius 1 is 1.00 bits per heavy atom. The Bertz CT molecular complexity index is 206. The molecule has 0 amide bonds. The van der Waals surface area contributed by atoms with Crippen molar-refractivity contribution in [2.45, 2.75) is 0 Å². The molecule has 0 aliphatic heterocycles. The molecule has 9 nitrogen and oxygen atoms in total. The Morgan fingerprint density at radius 3 is 1.00 bits per heavy atom. The Kier molecular flexibility index (Phi) is 8.59. The Hall–Kier alpha value is -0.118. The van der Waals surface area contributed by atoms with Gasteiger partial charge in [0.15, 0.2) is 0 Å². The molecule has 0 rings (SSSR count). The standard InChI is InChI=1S/Cr.H2O4S.3H2O.2O/c;1-5(2,3)4;;;;;/h;(H2,1,2,3,4);3*1H2;;/q+2;;;;;;/p-2. The second-order valence-electron chi connectivity index (χ2n) is 0.896. The molecule has 0 saturated heterocycles. The topological polar surface area (TPSA) is 181 Å². The first kappa shape index (κ1) is 17.1. The van der Waals surface area contributed by atoms with Crippen LogP contribution in [0.15, 0.2) is 0 Å². The van der Waals surface area contributed by atoms with Crippen LogP contribution in [-0.2, 0) is 31.6 Å². The number of hydrogen-bond donors (Lipinski definition) is 4. The summed E-state index contributed by atoms with van der Waals surface area (Å²) in [6, 6.07) is 0. The quantitative estimate of drug-likeness (QED) is 0.323. The maximum absolute atomic E-state index is 8.82. The van der Waals surface area contributed by atoms with Crippen LogP contribution >= 0.6 is 0 Å². The van der Waals surface area contributed by atoms with E-state index in [-0.39, 0.29) is 5.48 Å². The monoisotopic (exact) mass is 234 g/mol. The molecule has 72 valence electrons. The zero-order valence-corrected chi connectivity index (χ0v) is 6.83. The zero-order chi connectivity index (χ0) is 9.00. The third kappa shape index (κ3) is 44500. The fraction of sp³-hybridized carbons (Fsp3) is 0. The first-order chi connectivity index (χ1) is 4.00. The van der Waals surface area contributed by atoms with Gasteiger partial charge in [-0.15, -0.1) is 0 Å². The van der Waals surface area contributed by atoms with E-state index >= 15 is 0 Å². The predicted octanol–water partition coefficient (Wildman–Crippen LogP) is -2.83. The van der Waals surface area contributed by atoms with E-state index in [4.69, 9.17) is 33.4 Å². The van der Waals surface area contributed by atoms with Gasteiger partial charge in [-0.3, -0.25) is 9.11 Å². The van der Waals surface area contributed by atoms with Crippen molar-refractivity contribution in [3.63, 3.8) is 0 Å². The van der Waals surface area contributed by atoms with E-state index in [1.807, 2.05) is 0 Å². The Morgan fingerprint density at radius 2 is 1.00 bits per heavy atom. The van der Waals surface area contributed by atoms with Crippen LogP contribution in [0.4, 0.5) is 0 Å². The minimum absolute atomic E-state index is 0. The van der Waals surface area contributed by atoms with Crippen molar-refractivity contribution < 1.29 is 52.5 Å². The summed E-state index contributed by atoms with van der Waals surface area (Å²) >= 11 is -5.25. The molecule has 0 bridgehead atoms. The van der Waals surface area contributed by atoms with Gasteiger partial charge in [-0.2, -0.15) is 8.42 Å². The third-order valence-corrected chi connectivity index (χ3v) is 0. The number of hydrogen-bond acceptors (Lipinski definition) is 4. The summed E-state index contributed by atoms with van der Waals surface area (Å²) < 4.78 is 63.5. The normalized spacial score (nSPS) is 10.5. The first-order valence-corrected chi connectivity index (χ1v) is 4.98. The fourth-order valence-corrected chi connectivity index (χ4v) is 0. The molecule has 0 aromatic rings. The second kappa shape index (κ2) is 5.52. The van der Waals surface area contributed by atoms with Crippen LogP contribution < -0.4 is 0 Å². The molecule has 11 heteroatoms. The summed E-state index contributed by atoms with van der Waals surface area (Å²) in [5.74, 6) is 0. The predicted molar refractivity (Wildman–Crippen MR) is 23.6 cm³/mol. The van der Waals surface area contributed by atoms with Gasteiger partial charge in [0.25, 0.3) is 0 Å². The molecule has 0 aliphatic rings. The van der Waals surface area contributed by atoms with Crippen molar-refractivity contribution in [3.8, 4) is 0 Å². The summed E-state index contributed by atoms with van der Waals surface area (Å²) in [4.78, 5) is 0. The summed E-state index contributed by atoms with van der Waals surface area (Å²) in [7, 11) is -4.67. The van der Waals surface area contributed by atoms with Crippen LogP contribution in [0.2, 0.25) is 0 Å². The van der Waals surface area contributed by atoms with Gasteiger partial charge in [-0.1, -0.05) is 0 Å². The van der Waals surface area contributed by atoms with Crippen molar-refractivity contribution in [1.82, 2.24) is 0 Å². The molecule has 0 aromatic carbocycles. The average Bonchev–Trinajstić information content (AvgIpc) is 1.12. The van der Waals surface area contributed by atoms with Crippen molar-refractivity contribution in [2.75, 3.05) is 0 Å². The SMILES string of the molecule is O.O=S(=O)(O)O.[O]=[Cr](=[O])([OH])[OH]. The first-order valence-electron chi connectivity index (χ1n) is 1.40. The van der Waals surface area contributed by atoms with E-state index in [0.717, 1.165) is 0 Å². The fourth-order valence-electron chi connectivity index (χ4n) is 0. The van der Waals surface area contributed by atoms with E-state index in [9.17, 15) is 0 Å². The molecule has 6 N–H and O–H groups in total. The molecule has 0 aromatic heterocycles. The van der Waals surface area contributed by atoms with Gasteiger partial charge in [-0.05, 0) is 0 Å². The molecule has 0 atom stereocenters. The van der Waals surface area contributed by atoms with Gasteiger partial charge in [0.1, 0.15) is 0 Å². The minimum atomic E-state index is -5.25. The molecule has 0 aliphatic carbocycles. The molecule has 0 heterocycles. The van der Waals surface area contributed by atoms with E-state index in [2.05, 4.69) is 0 Å². The second-order valence-corrected chi connectivity index (χ2v) is 3.19. The Balaban J connectivity index is -0.000000107. The third-order valence-electron chi connectivity index (χ3n) is 0. The molecule has 0 spiro atoms. The maximum atomic E-state index is 8.82. The molecule has 11 heavy (non-hydrogen) atoms. The van der Waals surface area contributed by atoms with Crippen LogP contribution in [-0.4, -0.2) is 31.3 Å². The van der Waals surface area contributed by atoms with Gasteiger partial charge in [0.05, 0.1) is 0 Å². The number of rotatable bonds is 0. The van der Waals surface area contributed by atoms with Gasteiger partial charge < -0.3 is 5.48 Å². The van der Waals surface area contributed by atoms with Gasteiger partial charge in [-0.25, -0.2) is 0 Å². The van der Waals surface area contributed by atoms with Crippen LogP contribution in [0.5, 0.6) is 0 Å². The summed E-state index contributed by atoms with van der Waals surface area (Å²) in [5, 5.41) is 0. The molecule has 0 saturated carbocycles. The molecular weight excluding hydrogens is 228 g/mol. The van der Waals surface area contributed by atoms with E-state index in [1.54, 1.807) is 0 Å². The van der Waals surface area contributed by atoms with Gasteiger partial charge in [0.2, 0.25) is 0 Å². The summed E-state index contributed by atoms with van der Waals surface area (Å²) in [6.07, 6.45) is 0. The van der Waals surface area contributed by atoms with Gasteiger partial charge in [0, 0.05) is 0 Å². The van der Waals surface area contributed by atoms with Crippen LogP contribution in [0.25, 0.3) is 0 Å². The van der Waals surface area contributed by atoms with Crippen molar-refractivity contribution >= 4 is 10.4 Å². The molecule has 0 fully saturated rings. The van der Waals surface area contributed by atoms with Crippen molar-refractivity contribution in [3.05, 3.63) is 0 Å². The molecule has 0 radical (unpaired) electrons. The summed E-state index contributed by atoms with van der Waals surface area (Å²) in [5.41, 5.74) is 0. The molecular formula is H6CrO9S. The van der Waals surface area contributed by atoms with Crippen LogP contribution in [0.3, 0.4) is 0 Å². The van der Waals surface area contributed by atoms with Gasteiger partial charge >= 0.3 is 39.9 Å². The Labute approximate surface area is 63.6 Å². The van der Waals surface area contributed by atoms with E-state index in [0.29, 0.717) is 0 Å². The summed E-state index contributed by atoms with van der Waals surface area (Å²) in [6.45, 7) is 0. The zero-order valence-electron chi connectivity index (χ0n) is 4.74. The van der Waals surface area contributed by atoms with Crippen molar-refractivity contribution in [1.29, 1.82) is 0 Å². The van der Waals surface area contributed by atoms with E-state index < -0.39 is 24.0 Å². The average molecular weight is 234 g/mol. The molecule has 0 unspecified atom stereocenters. The van der Waals surface area contributed by atoms with Crippen LogP contribution in [0, 0.1) is 0 Å². The van der Waals surface area contributed by atoms with E-state index in [1.165, 1.54) is 0 Å². The van der Waals surface area contributed by atoms with Crippen molar-refractivity contribution in [2.24, 2.45) is 0 Å². The van der Waals surface area contributed by atoms with Crippen LogP contribution in [0.1, 0.15) is 0 Å².